The largest absolute Gasteiger partial charge is 0.356 e. The first-order valence-corrected chi connectivity index (χ1v) is 10.4. The normalized spacial score (nSPS) is 26.3. The van der Waals surface area contributed by atoms with Crippen molar-refractivity contribution in [3.05, 3.63) is 42.5 Å². The van der Waals surface area contributed by atoms with E-state index < -0.39 is 12.1 Å². The van der Waals surface area contributed by atoms with Crippen molar-refractivity contribution in [2.45, 2.75) is 44.8 Å². The molecule has 0 aliphatic carbocycles. The van der Waals surface area contributed by atoms with Gasteiger partial charge in [-0.3, -0.25) is 20.4 Å². The predicted octanol–water partition coefficient (Wildman–Crippen LogP) is 1.66. The Hall–Kier alpha value is -2.97. The number of rotatable bonds is 6. The van der Waals surface area contributed by atoms with E-state index in [9.17, 15) is 14.4 Å². The lowest BCUT2D eigenvalue weighted by atomic mass is 9.96. The molecule has 30 heavy (non-hydrogen) atoms. The summed E-state index contributed by atoms with van der Waals surface area (Å²) in [5.41, 5.74) is 6.89. The van der Waals surface area contributed by atoms with Gasteiger partial charge in [0, 0.05) is 36.4 Å². The van der Waals surface area contributed by atoms with Crippen LogP contribution in [0.1, 0.15) is 26.7 Å². The number of imide groups is 1. The van der Waals surface area contributed by atoms with E-state index in [1.807, 2.05) is 36.4 Å². The van der Waals surface area contributed by atoms with E-state index in [0.29, 0.717) is 18.2 Å². The molecule has 4 amide bonds. The summed E-state index contributed by atoms with van der Waals surface area (Å²) in [7, 11) is 0. The van der Waals surface area contributed by atoms with Crippen molar-refractivity contribution >= 4 is 34.3 Å². The van der Waals surface area contributed by atoms with E-state index in [1.165, 1.54) is 4.90 Å². The van der Waals surface area contributed by atoms with Crippen molar-refractivity contribution in [2.75, 3.05) is 11.4 Å². The molecule has 2 heterocycles. The molecule has 2 aliphatic heterocycles. The van der Waals surface area contributed by atoms with Crippen LogP contribution in [-0.4, -0.2) is 42.5 Å². The van der Waals surface area contributed by atoms with Gasteiger partial charge >= 0.3 is 6.03 Å². The number of carbonyl (C=O) groups is 3. The first-order valence-electron chi connectivity index (χ1n) is 10.4. The molecule has 2 aromatic rings. The van der Waals surface area contributed by atoms with Crippen molar-refractivity contribution in [1.29, 1.82) is 0 Å². The van der Waals surface area contributed by atoms with Crippen LogP contribution in [-0.2, 0) is 9.59 Å². The molecule has 0 bridgehead atoms. The van der Waals surface area contributed by atoms with Crippen LogP contribution >= 0.6 is 0 Å². The number of anilines is 1. The van der Waals surface area contributed by atoms with Gasteiger partial charge < -0.3 is 10.6 Å². The smallest absolute Gasteiger partial charge is 0.329 e. The Morgan fingerprint density at radius 1 is 1.03 bits per heavy atom. The predicted molar refractivity (Wildman–Crippen MR) is 115 cm³/mol. The molecule has 4 rings (SSSR count). The summed E-state index contributed by atoms with van der Waals surface area (Å²) in [5, 5.41) is 7.46. The zero-order valence-corrected chi connectivity index (χ0v) is 17.1. The van der Waals surface area contributed by atoms with Crippen molar-refractivity contribution in [2.24, 2.45) is 5.92 Å². The quantitative estimate of drug-likeness (QED) is 0.544. The van der Waals surface area contributed by atoms with Crippen LogP contribution < -0.4 is 26.4 Å². The molecule has 8 nitrogen and oxygen atoms in total. The van der Waals surface area contributed by atoms with E-state index in [0.717, 1.165) is 10.8 Å². The monoisotopic (exact) mass is 409 g/mol. The maximum atomic E-state index is 12.9. The van der Waals surface area contributed by atoms with Crippen LogP contribution in [0.25, 0.3) is 10.8 Å². The van der Waals surface area contributed by atoms with Crippen LogP contribution in [0.5, 0.6) is 0 Å². The zero-order chi connectivity index (χ0) is 21.3. The fraction of sp³-hybridized carbons (Fsp3) is 0.409. The fourth-order valence-corrected chi connectivity index (χ4v) is 4.22. The second-order valence-corrected chi connectivity index (χ2v) is 8.05. The van der Waals surface area contributed by atoms with Gasteiger partial charge in [0.05, 0.1) is 5.69 Å². The van der Waals surface area contributed by atoms with E-state index in [1.54, 1.807) is 6.07 Å². The van der Waals surface area contributed by atoms with Crippen LogP contribution in [0.15, 0.2) is 42.5 Å². The van der Waals surface area contributed by atoms with Gasteiger partial charge in [-0.1, -0.05) is 36.4 Å². The summed E-state index contributed by atoms with van der Waals surface area (Å²) in [5.74, 6) is -0.147. The number of amides is 4. The van der Waals surface area contributed by atoms with Gasteiger partial charge in [0.1, 0.15) is 6.04 Å². The maximum absolute atomic E-state index is 12.9. The summed E-state index contributed by atoms with van der Waals surface area (Å²) in [6, 6.07) is 12.5. The lowest BCUT2D eigenvalue weighted by Crippen LogP contribution is -2.38. The summed E-state index contributed by atoms with van der Waals surface area (Å²) >= 11 is 0. The van der Waals surface area contributed by atoms with Gasteiger partial charge in [-0.05, 0) is 31.7 Å². The lowest BCUT2D eigenvalue weighted by molar-refractivity contribution is -0.122. The minimum atomic E-state index is -0.699. The third-order valence-electron chi connectivity index (χ3n) is 6.04. The van der Waals surface area contributed by atoms with Crippen molar-refractivity contribution in [3.63, 3.8) is 0 Å². The number of nitrogens with one attached hydrogen (secondary N) is 4. The molecular formula is C22H27N5O3. The number of urea groups is 1. The van der Waals surface area contributed by atoms with Gasteiger partial charge in [0.15, 0.2) is 0 Å². The highest BCUT2D eigenvalue weighted by Gasteiger charge is 2.39. The van der Waals surface area contributed by atoms with Crippen LogP contribution in [0.3, 0.4) is 0 Å². The second-order valence-electron chi connectivity index (χ2n) is 8.05. The minimum Gasteiger partial charge on any atom is -0.356 e. The maximum Gasteiger partial charge on any atom is 0.329 e. The molecule has 0 radical (unpaired) electrons. The summed E-state index contributed by atoms with van der Waals surface area (Å²) in [4.78, 5) is 38.9. The summed E-state index contributed by atoms with van der Waals surface area (Å²) in [6.45, 7) is 4.71. The Balaban J connectivity index is 1.37. The van der Waals surface area contributed by atoms with E-state index in [4.69, 9.17) is 0 Å². The van der Waals surface area contributed by atoms with Crippen LogP contribution in [0.2, 0.25) is 0 Å². The molecule has 2 aromatic carbocycles. The van der Waals surface area contributed by atoms with E-state index in [2.05, 4.69) is 35.3 Å². The van der Waals surface area contributed by atoms with E-state index >= 15 is 0 Å². The SMILES string of the molecule is CC1NNC(C)C1CNC(=O)CC[C@@H]1NC(=O)N(c2cccc3ccccc23)C1=O. The molecule has 2 aliphatic rings. The Kier molecular flexibility index (Phi) is 5.69. The average Bonchev–Trinajstić information content (AvgIpc) is 3.21. The first-order chi connectivity index (χ1) is 14.5. The molecule has 2 fully saturated rings. The molecule has 4 N–H and O–H groups in total. The number of hydrazine groups is 1. The van der Waals surface area contributed by atoms with Crippen molar-refractivity contribution < 1.29 is 14.4 Å². The summed E-state index contributed by atoms with van der Waals surface area (Å²) < 4.78 is 0. The number of fused-ring (bicyclic) bond motifs is 1. The first kappa shape index (κ1) is 20.3. The molecule has 2 unspecified atom stereocenters. The van der Waals surface area contributed by atoms with Gasteiger partial charge in [-0.2, -0.15) is 0 Å². The molecule has 0 aromatic heterocycles. The van der Waals surface area contributed by atoms with Crippen molar-refractivity contribution in [3.8, 4) is 0 Å². The average molecular weight is 409 g/mol. The number of benzene rings is 2. The number of hydrogen-bond donors (Lipinski definition) is 4. The molecule has 2 saturated heterocycles. The molecule has 158 valence electrons. The van der Waals surface area contributed by atoms with E-state index in [-0.39, 0.29) is 36.7 Å². The Morgan fingerprint density at radius 2 is 1.73 bits per heavy atom. The minimum absolute atomic E-state index is 0.119. The Morgan fingerprint density at radius 3 is 2.50 bits per heavy atom. The van der Waals surface area contributed by atoms with Crippen molar-refractivity contribution in [1.82, 2.24) is 21.5 Å². The number of nitrogens with zero attached hydrogens (tertiary/aromatic N) is 1. The van der Waals surface area contributed by atoms with Crippen LogP contribution in [0, 0.1) is 5.92 Å². The molecule has 0 saturated carbocycles. The third-order valence-corrected chi connectivity index (χ3v) is 6.04. The van der Waals surface area contributed by atoms with Gasteiger partial charge in [0.25, 0.3) is 5.91 Å². The molecule has 8 heteroatoms. The molecule has 0 spiro atoms. The standard InChI is InChI=1S/C22H27N5O3/c1-13-17(14(2)26-25-13)12-23-20(28)11-10-18-21(29)27(22(30)24-18)19-9-5-7-15-6-3-4-8-16(15)19/h3-9,13-14,17-18,25-26H,10-12H2,1-2H3,(H,23,28)(H,24,30)/t13?,14?,17?,18-/m0/s1. The molecular weight excluding hydrogens is 382 g/mol. The number of carbonyl (C=O) groups excluding carboxylic acids is 3. The van der Waals surface area contributed by atoms with Gasteiger partial charge in [-0.15, -0.1) is 0 Å². The summed E-state index contributed by atoms with van der Waals surface area (Å²) in [6.07, 6.45) is 0.445. The molecule has 3 atom stereocenters. The third kappa shape index (κ3) is 3.88. The van der Waals surface area contributed by atoms with Gasteiger partial charge in [-0.25, -0.2) is 9.69 Å². The fourth-order valence-electron chi connectivity index (χ4n) is 4.22. The van der Waals surface area contributed by atoms with Crippen LogP contribution in [0.4, 0.5) is 10.5 Å². The highest BCUT2D eigenvalue weighted by Crippen LogP contribution is 2.29. The Bertz CT molecular complexity index is 963. The zero-order valence-electron chi connectivity index (χ0n) is 17.1. The highest BCUT2D eigenvalue weighted by atomic mass is 16.2. The lowest BCUT2D eigenvalue weighted by Gasteiger charge is -2.18. The topological polar surface area (TPSA) is 103 Å². The van der Waals surface area contributed by atoms with Gasteiger partial charge in [0.2, 0.25) is 5.91 Å². The number of hydrogen-bond acceptors (Lipinski definition) is 5. The second kappa shape index (κ2) is 8.41. The highest BCUT2D eigenvalue weighted by molar-refractivity contribution is 6.24. The Labute approximate surface area is 175 Å².